The van der Waals surface area contributed by atoms with Crippen molar-refractivity contribution in [3.63, 3.8) is 0 Å². The average molecular weight is 350 g/mol. The Kier molecular flexibility index (Phi) is 2.73. The van der Waals surface area contributed by atoms with Gasteiger partial charge in [0.15, 0.2) is 11.9 Å². The number of likely N-dealkylation sites (tertiary alicyclic amines) is 1. The minimum absolute atomic E-state index is 0.0439. The van der Waals surface area contributed by atoms with Crippen LogP contribution in [0.5, 0.6) is 5.75 Å². The van der Waals surface area contributed by atoms with Crippen molar-refractivity contribution in [3.8, 4) is 11.8 Å². The summed E-state index contributed by atoms with van der Waals surface area (Å²) < 4.78 is 6.16. The van der Waals surface area contributed by atoms with Crippen LogP contribution in [0.25, 0.3) is 0 Å². The lowest BCUT2D eigenvalue weighted by Crippen LogP contribution is -2.76. The molecule has 0 radical (unpaired) electrons. The van der Waals surface area contributed by atoms with Gasteiger partial charge in [-0.15, -0.1) is 0 Å². The Morgan fingerprint density at radius 3 is 2.96 bits per heavy atom. The number of nitrogens with zero attached hydrogens (tertiary/aromatic N) is 2. The Labute approximate surface area is 152 Å². The van der Waals surface area contributed by atoms with Gasteiger partial charge in [-0.1, -0.05) is 6.07 Å². The molecule has 5 heteroatoms. The van der Waals surface area contributed by atoms with E-state index in [0.29, 0.717) is 24.2 Å². The van der Waals surface area contributed by atoms with Gasteiger partial charge in [0.05, 0.1) is 16.6 Å². The Morgan fingerprint density at radius 2 is 2.19 bits per heavy atom. The van der Waals surface area contributed by atoms with E-state index in [9.17, 15) is 15.2 Å². The van der Waals surface area contributed by atoms with Crippen LogP contribution in [-0.2, 0) is 16.6 Å². The van der Waals surface area contributed by atoms with Crippen molar-refractivity contribution in [1.82, 2.24) is 4.90 Å². The Hall–Kier alpha value is -1.90. The van der Waals surface area contributed by atoms with Crippen molar-refractivity contribution in [2.45, 2.75) is 61.7 Å². The minimum Gasteiger partial charge on any atom is -0.480 e. The van der Waals surface area contributed by atoms with Crippen molar-refractivity contribution < 1.29 is 14.6 Å². The molecule has 2 bridgehead atoms. The standard InChI is InChI=1S/C21H22N2O3/c22-10-14-4-3-13-9-16-21(25)6-5-15(24)19-20(21,17(13)18(14)26-19)7-8-23(16)11-12-1-2-12/h3-4,12,16,19,25H,1-2,5-9,11H2/t16-,19?,20+,21?/m1/s1. The van der Waals surface area contributed by atoms with Crippen LogP contribution in [-0.4, -0.2) is 46.6 Å². The van der Waals surface area contributed by atoms with Gasteiger partial charge in [-0.3, -0.25) is 9.69 Å². The molecule has 134 valence electrons. The van der Waals surface area contributed by atoms with Crippen LogP contribution in [0.15, 0.2) is 12.1 Å². The molecule has 3 aliphatic carbocycles. The number of nitriles is 1. The van der Waals surface area contributed by atoms with Gasteiger partial charge in [-0.05, 0) is 56.2 Å². The molecule has 2 unspecified atom stereocenters. The molecule has 0 amide bonds. The normalized spacial score (nSPS) is 39.9. The van der Waals surface area contributed by atoms with E-state index in [-0.39, 0.29) is 11.8 Å². The molecule has 2 heterocycles. The maximum Gasteiger partial charge on any atom is 0.174 e. The third-order valence-corrected chi connectivity index (χ3v) is 7.70. The fourth-order valence-corrected chi connectivity index (χ4v) is 6.37. The van der Waals surface area contributed by atoms with E-state index in [4.69, 9.17) is 4.74 Å². The van der Waals surface area contributed by atoms with Gasteiger partial charge in [0.1, 0.15) is 11.8 Å². The summed E-state index contributed by atoms with van der Waals surface area (Å²) >= 11 is 0. The van der Waals surface area contributed by atoms with E-state index in [1.54, 1.807) is 0 Å². The highest BCUT2D eigenvalue weighted by molar-refractivity contribution is 5.90. The van der Waals surface area contributed by atoms with Crippen molar-refractivity contribution in [1.29, 1.82) is 5.26 Å². The Bertz CT molecular complexity index is 886. The molecule has 1 spiro atoms. The minimum atomic E-state index is -0.939. The largest absolute Gasteiger partial charge is 0.480 e. The van der Waals surface area contributed by atoms with Crippen LogP contribution in [0.3, 0.4) is 0 Å². The highest BCUT2D eigenvalue weighted by atomic mass is 16.5. The quantitative estimate of drug-likeness (QED) is 0.879. The van der Waals surface area contributed by atoms with Crippen molar-refractivity contribution in [2.24, 2.45) is 5.92 Å². The summed E-state index contributed by atoms with van der Waals surface area (Å²) in [6.45, 7) is 1.95. The summed E-state index contributed by atoms with van der Waals surface area (Å²) in [4.78, 5) is 15.3. The van der Waals surface area contributed by atoms with Gasteiger partial charge in [0, 0.05) is 24.6 Å². The van der Waals surface area contributed by atoms with Crippen molar-refractivity contribution >= 4 is 5.78 Å². The van der Waals surface area contributed by atoms with Crippen LogP contribution in [0.2, 0.25) is 0 Å². The number of ether oxygens (including phenoxy) is 1. The zero-order valence-electron chi connectivity index (χ0n) is 14.7. The predicted molar refractivity (Wildman–Crippen MR) is 92.8 cm³/mol. The number of ketones is 1. The molecule has 5 aliphatic rings. The topological polar surface area (TPSA) is 73.6 Å². The molecule has 1 N–H and O–H groups in total. The molecule has 0 aromatic heterocycles. The van der Waals surface area contributed by atoms with Crippen LogP contribution < -0.4 is 4.74 Å². The fraction of sp³-hybridized carbons (Fsp3) is 0.619. The summed E-state index contributed by atoms with van der Waals surface area (Å²) in [5, 5.41) is 21.6. The maximum absolute atomic E-state index is 12.8. The van der Waals surface area contributed by atoms with Crippen LogP contribution in [0, 0.1) is 17.2 Å². The smallest absolute Gasteiger partial charge is 0.174 e. The molecular formula is C21H22N2O3. The first kappa shape index (κ1) is 15.2. The van der Waals surface area contributed by atoms with E-state index in [1.165, 1.54) is 12.8 Å². The number of hydrogen-bond acceptors (Lipinski definition) is 5. The molecule has 1 aromatic carbocycles. The van der Waals surface area contributed by atoms with E-state index in [1.807, 2.05) is 12.1 Å². The second-order valence-electron chi connectivity index (χ2n) is 8.86. The fourth-order valence-electron chi connectivity index (χ4n) is 6.37. The zero-order chi connectivity index (χ0) is 17.7. The van der Waals surface area contributed by atoms with Gasteiger partial charge in [-0.2, -0.15) is 5.26 Å². The van der Waals surface area contributed by atoms with Crippen molar-refractivity contribution in [2.75, 3.05) is 13.1 Å². The lowest BCUT2D eigenvalue weighted by molar-refractivity contribution is -0.188. The number of hydrogen-bond donors (Lipinski definition) is 1. The van der Waals surface area contributed by atoms with Crippen LogP contribution in [0.1, 0.15) is 48.8 Å². The predicted octanol–water partition coefficient (Wildman–Crippen LogP) is 1.69. The third-order valence-electron chi connectivity index (χ3n) is 7.70. The second-order valence-corrected chi connectivity index (χ2v) is 8.86. The first-order valence-electron chi connectivity index (χ1n) is 9.81. The number of benzene rings is 1. The second kappa shape index (κ2) is 4.68. The number of rotatable bonds is 2. The Morgan fingerprint density at radius 1 is 1.35 bits per heavy atom. The van der Waals surface area contributed by atoms with Gasteiger partial charge < -0.3 is 9.84 Å². The third kappa shape index (κ3) is 1.57. The van der Waals surface area contributed by atoms with Crippen LogP contribution >= 0.6 is 0 Å². The van der Waals surface area contributed by atoms with E-state index in [0.717, 1.165) is 43.0 Å². The highest BCUT2D eigenvalue weighted by Crippen LogP contribution is 2.64. The number of carbonyl (C=O) groups excluding carboxylic acids is 1. The number of piperidine rings is 1. The molecule has 1 aromatic rings. The summed E-state index contributed by atoms with van der Waals surface area (Å²) in [5.74, 6) is 1.42. The summed E-state index contributed by atoms with van der Waals surface area (Å²) in [6, 6.07) is 6.10. The summed E-state index contributed by atoms with van der Waals surface area (Å²) in [7, 11) is 0. The van der Waals surface area contributed by atoms with Gasteiger partial charge in [0.25, 0.3) is 0 Å². The van der Waals surface area contributed by atoms with E-state index in [2.05, 4.69) is 11.0 Å². The molecule has 1 saturated heterocycles. The number of aliphatic hydroxyl groups is 1. The first-order valence-corrected chi connectivity index (χ1v) is 9.81. The molecule has 2 aliphatic heterocycles. The summed E-state index contributed by atoms with van der Waals surface area (Å²) in [6.07, 6.45) is 4.35. The lowest BCUT2D eigenvalue weighted by Gasteiger charge is -2.62. The molecular weight excluding hydrogens is 328 g/mol. The van der Waals surface area contributed by atoms with Gasteiger partial charge in [-0.25, -0.2) is 0 Å². The lowest BCUT2D eigenvalue weighted by atomic mass is 9.49. The first-order chi connectivity index (χ1) is 12.6. The molecule has 4 atom stereocenters. The monoisotopic (exact) mass is 350 g/mol. The summed E-state index contributed by atoms with van der Waals surface area (Å²) in [5.41, 5.74) is 1.01. The molecule has 6 rings (SSSR count). The molecule has 3 fully saturated rings. The van der Waals surface area contributed by atoms with Crippen molar-refractivity contribution in [3.05, 3.63) is 28.8 Å². The highest BCUT2D eigenvalue weighted by Gasteiger charge is 2.73. The molecule has 5 nitrogen and oxygen atoms in total. The Balaban J connectivity index is 1.59. The van der Waals surface area contributed by atoms with Gasteiger partial charge >= 0.3 is 0 Å². The van der Waals surface area contributed by atoms with E-state index < -0.39 is 17.1 Å². The average Bonchev–Trinajstić information content (AvgIpc) is 3.37. The van der Waals surface area contributed by atoms with Crippen LogP contribution in [0.4, 0.5) is 0 Å². The van der Waals surface area contributed by atoms with E-state index >= 15 is 0 Å². The number of Topliss-reactive ketones (excluding diaryl/α,β-unsaturated/α-hetero) is 1. The number of carbonyl (C=O) groups is 1. The van der Waals surface area contributed by atoms with Gasteiger partial charge in [0.2, 0.25) is 0 Å². The SMILES string of the molecule is N#Cc1ccc2c3c1OC1C(=O)CCC4(O)[C@@H](C2)N(CC2CC2)CC[C@]314. The molecule has 26 heavy (non-hydrogen) atoms. The zero-order valence-corrected chi connectivity index (χ0v) is 14.7. The maximum atomic E-state index is 12.8. The molecule has 2 saturated carbocycles.